The van der Waals surface area contributed by atoms with Crippen LogP contribution in [0.2, 0.25) is 5.02 Å². The molecule has 0 atom stereocenters. The third-order valence-electron chi connectivity index (χ3n) is 5.67. The number of likely N-dealkylation sites (tertiary alicyclic amines) is 1. The van der Waals surface area contributed by atoms with E-state index in [2.05, 4.69) is 10.2 Å². The SMILES string of the molecule is CS(=O)(=O)N(CC(=O)NCc1ccccc1CN1CCCCC1)c1cc(C(F)(F)F)ccc1Cl. The average molecular weight is 518 g/mol. The largest absolute Gasteiger partial charge is 0.416 e. The molecule has 6 nitrogen and oxygen atoms in total. The number of carbonyl (C=O) groups excluding carboxylic acids is 1. The Labute approximate surface area is 202 Å². The summed E-state index contributed by atoms with van der Waals surface area (Å²) in [6.45, 7) is 2.25. The number of anilines is 1. The maximum atomic E-state index is 13.1. The van der Waals surface area contributed by atoms with Crippen LogP contribution in [0.4, 0.5) is 18.9 Å². The van der Waals surface area contributed by atoms with Crippen molar-refractivity contribution in [2.75, 3.05) is 30.2 Å². The number of sulfonamides is 1. The van der Waals surface area contributed by atoms with Gasteiger partial charge in [0, 0.05) is 13.1 Å². The van der Waals surface area contributed by atoms with Gasteiger partial charge in [0.1, 0.15) is 6.54 Å². The van der Waals surface area contributed by atoms with Crippen LogP contribution in [0.3, 0.4) is 0 Å². The monoisotopic (exact) mass is 517 g/mol. The number of rotatable bonds is 8. The van der Waals surface area contributed by atoms with Crippen molar-refractivity contribution in [3.8, 4) is 0 Å². The molecule has 0 aliphatic carbocycles. The number of amides is 1. The number of hydrogen-bond acceptors (Lipinski definition) is 4. The van der Waals surface area contributed by atoms with Crippen LogP contribution in [0.25, 0.3) is 0 Å². The Hall–Kier alpha value is -2.30. The molecule has 0 unspecified atom stereocenters. The fourth-order valence-corrected chi connectivity index (χ4v) is 5.01. The lowest BCUT2D eigenvalue weighted by Crippen LogP contribution is -2.40. The topological polar surface area (TPSA) is 69.7 Å². The summed E-state index contributed by atoms with van der Waals surface area (Å²) >= 11 is 6.01. The van der Waals surface area contributed by atoms with E-state index in [9.17, 15) is 26.4 Å². The molecule has 2 aromatic carbocycles. The van der Waals surface area contributed by atoms with E-state index in [1.807, 2.05) is 24.3 Å². The van der Waals surface area contributed by atoms with Gasteiger partial charge in [0.05, 0.1) is 22.5 Å². The molecule has 1 heterocycles. The van der Waals surface area contributed by atoms with Crippen LogP contribution < -0.4 is 9.62 Å². The van der Waals surface area contributed by atoms with E-state index in [0.29, 0.717) is 10.4 Å². The van der Waals surface area contributed by atoms with Crippen LogP contribution in [0.5, 0.6) is 0 Å². The van der Waals surface area contributed by atoms with Gasteiger partial charge in [-0.05, 0) is 55.3 Å². The van der Waals surface area contributed by atoms with Gasteiger partial charge in [-0.3, -0.25) is 14.0 Å². The van der Waals surface area contributed by atoms with Gasteiger partial charge in [-0.25, -0.2) is 8.42 Å². The maximum Gasteiger partial charge on any atom is 0.416 e. The summed E-state index contributed by atoms with van der Waals surface area (Å²) < 4.78 is 64.7. The number of benzene rings is 2. The van der Waals surface area contributed by atoms with E-state index in [0.717, 1.165) is 62.0 Å². The first-order valence-electron chi connectivity index (χ1n) is 10.9. The average Bonchev–Trinajstić information content (AvgIpc) is 2.76. The van der Waals surface area contributed by atoms with Crippen LogP contribution in [0.1, 0.15) is 36.0 Å². The molecule has 1 aliphatic heterocycles. The molecule has 0 spiro atoms. The summed E-state index contributed by atoms with van der Waals surface area (Å²) in [4.78, 5) is 15.0. The van der Waals surface area contributed by atoms with E-state index in [1.165, 1.54) is 6.42 Å². The molecule has 1 N–H and O–H groups in total. The van der Waals surface area contributed by atoms with Crippen LogP contribution in [-0.4, -0.2) is 45.1 Å². The van der Waals surface area contributed by atoms with Crippen molar-refractivity contribution >= 4 is 33.2 Å². The molecule has 34 heavy (non-hydrogen) atoms. The number of halogens is 4. The Morgan fingerprint density at radius 1 is 1.09 bits per heavy atom. The van der Waals surface area contributed by atoms with Crippen LogP contribution in [0.15, 0.2) is 42.5 Å². The van der Waals surface area contributed by atoms with E-state index < -0.39 is 39.9 Å². The Balaban J connectivity index is 1.73. The van der Waals surface area contributed by atoms with Crippen molar-refractivity contribution in [1.82, 2.24) is 10.2 Å². The molecule has 186 valence electrons. The smallest absolute Gasteiger partial charge is 0.350 e. The first kappa shape index (κ1) is 26.3. The van der Waals surface area contributed by atoms with E-state index in [4.69, 9.17) is 11.6 Å². The zero-order chi connectivity index (χ0) is 24.9. The highest BCUT2D eigenvalue weighted by molar-refractivity contribution is 7.92. The lowest BCUT2D eigenvalue weighted by Gasteiger charge is -2.27. The fourth-order valence-electron chi connectivity index (χ4n) is 3.88. The molecule has 0 saturated carbocycles. The Kier molecular flexibility index (Phi) is 8.48. The predicted molar refractivity (Wildman–Crippen MR) is 126 cm³/mol. The number of carbonyl (C=O) groups is 1. The maximum absolute atomic E-state index is 13.1. The lowest BCUT2D eigenvalue weighted by atomic mass is 10.0. The Bertz CT molecular complexity index is 1120. The Morgan fingerprint density at radius 3 is 2.35 bits per heavy atom. The summed E-state index contributed by atoms with van der Waals surface area (Å²) in [5, 5.41) is 2.47. The molecular weight excluding hydrogens is 491 g/mol. The summed E-state index contributed by atoms with van der Waals surface area (Å²) in [6, 6.07) is 10.00. The van der Waals surface area contributed by atoms with Gasteiger partial charge in [-0.2, -0.15) is 13.2 Å². The first-order valence-corrected chi connectivity index (χ1v) is 13.1. The molecule has 1 fully saturated rings. The molecular formula is C23H27ClF3N3O3S. The Morgan fingerprint density at radius 2 is 1.74 bits per heavy atom. The molecule has 3 rings (SSSR count). The summed E-state index contributed by atoms with van der Waals surface area (Å²) in [5.41, 5.74) is 0.488. The fraction of sp³-hybridized carbons (Fsp3) is 0.435. The standard InChI is InChI=1S/C23H27ClF3N3O3S/c1-34(32,33)30(21-13-19(23(25,26)27)9-10-20(21)24)16-22(31)28-14-17-7-3-4-8-18(17)15-29-11-5-2-6-12-29/h3-4,7-10,13H,2,5-6,11-12,14-16H2,1H3,(H,28,31). The van der Waals surface area contributed by atoms with Crippen molar-refractivity contribution in [3.63, 3.8) is 0 Å². The van der Waals surface area contributed by atoms with E-state index in [1.54, 1.807) is 0 Å². The third-order valence-corrected chi connectivity index (χ3v) is 7.11. The highest BCUT2D eigenvalue weighted by atomic mass is 35.5. The molecule has 0 aromatic heterocycles. The molecule has 1 aliphatic rings. The van der Waals surface area contributed by atoms with E-state index in [-0.39, 0.29) is 11.6 Å². The first-order chi connectivity index (χ1) is 15.9. The number of nitrogens with zero attached hydrogens (tertiary/aromatic N) is 2. The molecule has 1 saturated heterocycles. The summed E-state index contributed by atoms with van der Waals surface area (Å²) in [6.07, 6.45) is -0.356. The number of hydrogen-bond donors (Lipinski definition) is 1. The van der Waals surface area contributed by atoms with Gasteiger partial charge < -0.3 is 5.32 Å². The van der Waals surface area contributed by atoms with E-state index >= 15 is 0 Å². The summed E-state index contributed by atoms with van der Waals surface area (Å²) in [5.74, 6) is -0.660. The van der Waals surface area contributed by atoms with Crippen LogP contribution in [0, 0.1) is 0 Å². The predicted octanol–water partition coefficient (Wildman–Crippen LogP) is 4.43. The lowest BCUT2D eigenvalue weighted by molar-refractivity contribution is -0.137. The highest BCUT2D eigenvalue weighted by Gasteiger charge is 2.33. The zero-order valence-corrected chi connectivity index (χ0v) is 20.3. The van der Waals surface area contributed by atoms with Crippen LogP contribution >= 0.6 is 11.6 Å². The van der Waals surface area contributed by atoms with Gasteiger partial charge >= 0.3 is 6.18 Å². The molecule has 1 amide bonds. The minimum atomic E-state index is -4.69. The van der Waals surface area contributed by atoms with Gasteiger partial charge in [-0.15, -0.1) is 0 Å². The number of alkyl halides is 3. The van der Waals surface area contributed by atoms with Gasteiger partial charge in [0.2, 0.25) is 15.9 Å². The van der Waals surface area contributed by atoms with Gasteiger partial charge in [0.15, 0.2) is 0 Å². The number of piperidine rings is 1. The molecule has 2 aromatic rings. The number of nitrogens with one attached hydrogen (secondary N) is 1. The van der Waals surface area contributed by atoms with Crippen molar-refractivity contribution in [2.24, 2.45) is 0 Å². The van der Waals surface area contributed by atoms with Crippen molar-refractivity contribution in [2.45, 2.75) is 38.5 Å². The second kappa shape index (κ2) is 11.0. The van der Waals surface area contributed by atoms with Gasteiger partial charge in [-0.1, -0.05) is 42.3 Å². The quantitative estimate of drug-likeness (QED) is 0.562. The minimum absolute atomic E-state index is 0.163. The minimum Gasteiger partial charge on any atom is -0.350 e. The highest BCUT2D eigenvalue weighted by Crippen LogP contribution is 2.36. The molecule has 0 radical (unpaired) electrons. The van der Waals surface area contributed by atoms with Crippen molar-refractivity contribution in [1.29, 1.82) is 0 Å². The molecule has 0 bridgehead atoms. The van der Waals surface area contributed by atoms with Crippen LogP contribution in [-0.2, 0) is 34.1 Å². The third kappa shape index (κ3) is 7.10. The normalized spacial score (nSPS) is 15.2. The van der Waals surface area contributed by atoms with Crippen molar-refractivity contribution < 1.29 is 26.4 Å². The molecule has 11 heteroatoms. The van der Waals surface area contributed by atoms with Gasteiger partial charge in [0.25, 0.3) is 0 Å². The summed E-state index contributed by atoms with van der Waals surface area (Å²) in [7, 11) is -4.09. The second-order valence-electron chi connectivity index (χ2n) is 8.32. The zero-order valence-electron chi connectivity index (χ0n) is 18.7. The second-order valence-corrected chi connectivity index (χ2v) is 10.6. The van der Waals surface area contributed by atoms with Crippen molar-refractivity contribution in [3.05, 3.63) is 64.2 Å².